The molecule has 1 aromatic rings. The highest BCUT2D eigenvalue weighted by Crippen LogP contribution is 2.32. The molecule has 0 saturated heterocycles. The Morgan fingerprint density at radius 1 is 1.67 bits per heavy atom. The maximum Gasteiger partial charge on any atom is 0.375 e. The summed E-state index contributed by atoms with van der Waals surface area (Å²) in [6.07, 6.45) is 0.870. The maximum atomic E-state index is 10.9. The summed E-state index contributed by atoms with van der Waals surface area (Å²) in [4.78, 5) is 28.1. The van der Waals surface area contributed by atoms with Crippen LogP contribution < -0.4 is 11.2 Å². The van der Waals surface area contributed by atoms with E-state index in [2.05, 4.69) is 10.3 Å². The molecule has 10 heteroatoms. The number of hydrogen-bond acceptors (Lipinski definition) is 5. The van der Waals surface area contributed by atoms with Crippen LogP contribution in [0.1, 0.15) is 0 Å². The minimum atomic E-state index is -4.50. The van der Waals surface area contributed by atoms with Gasteiger partial charge in [-0.3, -0.25) is 9.36 Å². The van der Waals surface area contributed by atoms with Gasteiger partial charge in [0.2, 0.25) is 0 Å². The van der Waals surface area contributed by atoms with Crippen LogP contribution in [0.5, 0.6) is 0 Å². The van der Waals surface area contributed by atoms with E-state index in [-0.39, 0.29) is 6.54 Å². The number of aromatic nitrogens is 3. The lowest BCUT2D eigenvalue weighted by atomic mass is 10.3. The summed E-state index contributed by atoms with van der Waals surface area (Å²) in [6, 6.07) is -1.29. The lowest BCUT2D eigenvalue weighted by Crippen LogP contribution is -2.37. The van der Waals surface area contributed by atoms with Gasteiger partial charge in [0, 0.05) is 0 Å². The fourth-order valence-corrected chi connectivity index (χ4v) is 1.50. The standard InChI is InChI=1S/C5H9N4O5P/c6-3(5(10)11)2-9-4(1-7-8-9)15(12,13)14/h1,3H,2,6H2,(H,10,11)(H2,12,13,14)/t3-/m0/s1. The molecule has 0 fully saturated rings. The quantitative estimate of drug-likeness (QED) is 0.418. The normalized spacial score (nSPS) is 13.8. The second kappa shape index (κ2) is 4.07. The number of carbonyl (C=O) groups is 1. The molecule has 0 aliphatic heterocycles. The van der Waals surface area contributed by atoms with Gasteiger partial charge in [-0.05, 0) is 0 Å². The van der Waals surface area contributed by atoms with E-state index in [1.54, 1.807) is 0 Å². The highest BCUT2D eigenvalue weighted by molar-refractivity contribution is 7.60. The molecule has 1 atom stereocenters. The highest BCUT2D eigenvalue weighted by Gasteiger charge is 2.25. The van der Waals surface area contributed by atoms with Crippen LogP contribution in [0.25, 0.3) is 0 Å². The topological polar surface area (TPSA) is 152 Å². The lowest BCUT2D eigenvalue weighted by Gasteiger charge is -2.09. The van der Waals surface area contributed by atoms with Crippen LogP contribution in [-0.4, -0.2) is 41.9 Å². The van der Waals surface area contributed by atoms with Gasteiger partial charge in [0.15, 0.2) is 5.44 Å². The van der Waals surface area contributed by atoms with Gasteiger partial charge in [0.1, 0.15) is 6.04 Å². The van der Waals surface area contributed by atoms with Crippen LogP contribution >= 0.6 is 7.60 Å². The van der Waals surface area contributed by atoms with Crippen molar-refractivity contribution in [3.63, 3.8) is 0 Å². The lowest BCUT2D eigenvalue weighted by molar-refractivity contribution is -0.138. The SMILES string of the molecule is N[C@@H](Cn1nncc1P(=O)(O)O)C(=O)O. The molecule has 0 amide bonds. The Bertz CT molecular complexity index is 411. The van der Waals surface area contributed by atoms with Crippen molar-refractivity contribution in [1.29, 1.82) is 0 Å². The molecule has 0 saturated carbocycles. The average Bonchev–Trinajstić information content (AvgIpc) is 2.50. The summed E-state index contributed by atoms with van der Waals surface area (Å²) < 4.78 is 11.6. The van der Waals surface area contributed by atoms with Crippen molar-refractivity contribution >= 4 is 19.0 Å². The minimum absolute atomic E-state index is 0.351. The molecule has 1 aromatic heterocycles. The second-order valence-corrected chi connectivity index (χ2v) is 4.31. The first-order valence-electron chi connectivity index (χ1n) is 3.75. The molecule has 84 valence electrons. The van der Waals surface area contributed by atoms with Gasteiger partial charge in [0.05, 0.1) is 12.7 Å². The van der Waals surface area contributed by atoms with Crippen LogP contribution in [0.15, 0.2) is 6.20 Å². The van der Waals surface area contributed by atoms with E-state index >= 15 is 0 Å². The summed E-state index contributed by atoms with van der Waals surface area (Å²) >= 11 is 0. The average molecular weight is 236 g/mol. The van der Waals surface area contributed by atoms with E-state index in [0.29, 0.717) is 0 Å². The molecular weight excluding hydrogens is 227 g/mol. The molecule has 0 aromatic carbocycles. The third-order valence-electron chi connectivity index (χ3n) is 1.58. The Morgan fingerprint density at radius 2 is 2.27 bits per heavy atom. The maximum absolute atomic E-state index is 10.9. The number of nitrogens with zero attached hydrogens (tertiary/aromatic N) is 3. The van der Waals surface area contributed by atoms with Gasteiger partial charge >= 0.3 is 13.6 Å². The Labute approximate surface area is 83.7 Å². The molecule has 1 heterocycles. The first-order valence-corrected chi connectivity index (χ1v) is 5.36. The van der Waals surface area contributed by atoms with Crippen molar-refractivity contribution in [1.82, 2.24) is 15.0 Å². The van der Waals surface area contributed by atoms with E-state index in [1.807, 2.05) is 0 Å². The molecule has 0 spiro atoms. The molecular formula is C5H9N4O5P. The Morgan fingerprint density at radius 3 is 2.73 bits per heavy atom. The fourth-order valence-electron chi connectivity index (χ4n) is 0.872. The number of rotatable bonds is 4. The number of carboxylic acids is 1. The van der Waals surface area contributed by atoms with Crippen molar-refractivity contribution < 1.29 is 24.3 Å². The van der Waals surface area contributed by atoms with Crippen LogP contribution in [0.3, 0.4) is 0 Å². The largest absolute Gasteiger partial charge is 0.480 e. The van der Waals surface area contributed by atoms with Gasteiger partial charge in [-0.25, -0.2) is 4.68 Å². The summed E-state index contributed by atoms with van der Waals surface area (Å²) in [6.45, 7) is -0.351. The van der Waals surface area contributed by atoms with E-state index in [4.69, 9.17) is 20.6 Å². The zero-order chi connectivity index (χ0) is 11.6. The van der Waals surface area contributed by atoms with Crippen LogP contribution in [0, 0.1) is 0 Å². The second-order valence-electron chi connectivity index (χ2n) is 2.76. The van der Waals surface area contributed by atoms with Crippen LogP contribution in [0.2, 0.25) is 0 Å². The van der Waals surface area contributed by atoms with Crippen molar-refractivity contribution in [2.24, 2.45) is 5.73 Å². The molecule has 9 nitrogen and oxygen atoms in total. The number of carboxylic acid groups (broad SMARTS) is 1. The van der Waals surface area contributed by atoms with Gasteiger partial charge in [0.25, 0.3) is 0 Å². The molecule has 0 aliphatic carbocycles. The van der Waals surface area contributed by atoms with Gasteiger partial charge in [-0.2, -0.15) is 0 Å². The van der Waals surface area contributed by atoms with Crippen molar-refractivity contribution in [3.05, 3.63) is 6.20 Å². The molecule has 0 unspecified atom stereocenters. The number of nitrogens with two attached hydrogens (primary N) is 1. The molecule has 0 bridgehead atoms. The molecule has 1 rings (SSSR count). The van der Waals surface area contributed by atoms with Gasteiger partial charge < -0.3 is 20.6 Å². The number of hydrogen-bond donors (Lipinski definition) is 4. The molecule has 0 radical (unpaired) electrons. The summed E-state index contributed by atoms with van der Waals surface area (Å²) in [7, 11) is -4.50. The zero-order valence-electron chi connectivity index (χ0n) is 7.39. The smallest absolute Gasteiger partial charge is 0.375 e. The van der Waals surface area contributed by atoms with E-state index < -0.39 is 25.0 Å². The van der Waals surface area contributed by atoms with E-state index in [0.717, 1.165) is 10.9 Å². The summed E-state index contributed by atoms with van der Waals surface area (Å²) in [5.41, 5.74) is 4.72. The predicted octanol–water partition coefficient (Wildman–Crippen LogP) is -2.51. The fraction of sp³-hybridized carbons (Fsp3) is 0.400. The Balaban J connectivity index is 2.92. The molecule has 15 heavy (non-hydrogen) atoms. The summed E-state index contributed by atoms with van der Waals surface area (Å²) in [5.74, 6) is -1.29. The van der Waals surface area contributed by atoms with E-state index in [9.17, 15) is 9.36 Å². The zero-order valence-corrected chi connectivity index (χ0v) is 8.28. The first-order chi connectivity index (χ1) is 6.82. The third-order valence-corrected chi connectivity index (χ3v) is 2.53. The van der Waals surface area contributed by atoms with Crippen molar-refractivity contribution in [2.45, 2.75) is 12.6 Å². The Kier molecular flexibility index (Phi) is 3.20. The Hall–Kier alpha value is -1.28. The van der Waals surface area contributed by atoms with Crippen molar-refractivity contribution in [3.8, 4) is 0 Å². The van der Waals surface area contributed by atoms with Crippen LogP contribution in [0.4, 0.5) is 0 Å². The van der Waals surface area contributed by atoms with Crippen molar-refractivity contribution in [2.75, 3.05) is 0 Å². The van der Waals surface area contributed by atoms with Gasteiger partial charge in [-0.15, -0.1) is 5.10 Å². The van der Waals surface area contributed by atoms with E-state index in [1.165, 1.54) is 0 Å². The third kappa shape index (κ3) is 2.83. The first kappa shape index (κ1) is 11.8. The predicted molar refractivity (Wildman–Crippen MR) is 47.3 cm³/mol. The monoisotopic (exact) mass is 236 g/mol. The van der Waals surface area contributed by atoms with Gasteiger partial charge in [-0.1, -0.05) is 5.21 Å². The number of aliphatic carboxylic acids is 1. The highest BCUT2D eigenvalue weighted by atomic mass is 31.2. The van der Waals surface area contributed by atoms with Crippen LogP contribution in [-0.2, 0) is 15.9 Å². The molecule has 0 aliphatic rings. The summed E-state index contributed by atoms with van der Waals surface area (Å²) in [5, 5.41) is 15.1. The molecule has 5 N–H and O–H groups in total. The minimum Gasteiger partial charge on any atom is -0.480 e.